The number of aliphatic imine (C=N–C) groups is 1. The maximum absolute atomic E-state index is 12.3. The van der Waals surface area contributed by atoms with Crippen molar-refractivity contribution in [3.05, 3.63) is 76.3 Å². The van der Waals surface area contributed by atoms with Crippen LogP contribution in [0.3, 0.4) is 0 Å². The van der Waals surface area contributed by atoms with Gasteiger partial charge in [-0.2, -0.15) is 0 Å². The topological polar surface area (TPSA) is 160 Å². The number of unbranched alkanes of at least 4 members (excludes halogenated alkanes) is 7. The van der Waals surface area contributed by atoms with Crippen molar-refractivity contribution in [3.8, 4) is 5.69 Å². The minimum Gasteiger partial charge on any atom is -0.463 e. The molecule has 0 amide bonds. The molecule has 4 rings (SSSR count). The Labute approximate surface area is 288 Å². The SMILES string of the molecule is CCCCCCCCCCC(C(=O)OCC(O)CO)C(CO)OCCO.Cc1nnc2n1-c1ccc(Cl)cc1C(c1ccccc1)=NC2. The predicted molar refractivity (Wildman–Crippen MR) is 186 cm³/mol. The molecule has 0 fully saturated rings. The second-order valence-electron chi connectivity index (χ2n) is 11.8. The van der Waals surface area contributed by atoms with Crippen LogP contribution in [0.1, 0.15) is 87.5 Å². The zero-order chi connectivity index (χ0) is 34.7. The molecule has 0 radical (unpaired) electrons. The molecule has 11 nitrogen and oxygen atoms in total. The van der Waals surface area contributed by atoms with E-state index in [1.54, 1.807) is 0 Å². The first-order valence-corrected chi connectivity index (χ1v) is 17.3. The highest BCUT2D eigenvalue weighted by atomic mass is 35.5. The minimum absolute atomic E-state index is 0.0334. The number of ether oxygens (including phenoxy) is 2. The number of nitrogens with zero attached hydrogens (tertiary/aromatic N) is 4. The monoisotopic (exact) mass is 686 g/mol. The second kappa shape index (κ2) is 21.7. The molecular weight excluding hydrogens is 636 g/mol. The van der Waals surface area contributed by atoms with Gasteiger partial charge in [-0.3, -0.25) is 14.4 Å². The Morgan fingerprint density at radius 3 is 2.33 bits per heavy atom. The van der Waals surface area contributed by atoms with Crippen molar-refractivity contribution in [3.63, 3.8) is 0 Å². The number of esters is 1. The molecule has 4 N–H and O–H groups in total. The highest BCUT2D eigenvalue weighted by molar-refractivity contribution is 6.31. The lowest BCUT2D eigenvalue weighted by Gasteiger charge is -2.24. The van der Waals surface area contributed by atoms with Crippen molar-refractivity contribution in [2.24, 2.45) is 10.9 Å². The quantitative estimate of drug-likeness (QED) is 0.101. The van der Waals surface area contributed by atoms with Gasteiger partial charge in [-0.15, -0.1) is 10.2 Å². The number of benzene rings is 2. The Bertz CT molecular complexity index is 1400. The third-order valence-corrected chi connectivity index (χ3v) is 8.36. The first-order valence-electron chi connectivity index (χ1n) is 16.9. The van der Waals surface area contributed by atoms with Gasteiger partial charge in [0.1, 0.15) is 25.1 Å². The molecule has 0 aliphatic carbocycles. The molecule has 1 aliphatic rings. The normalized spacial score (nSPS) is 14.0. The zero-order valence-electron chi connectivity index (χ0n) is 28.1. The van der Waals surface area contributed by atoms with Crippen LogP contribution >= 0.6 is 11.6 Å². The number of aliphatic hydroxyl groups excluding tert-OH is 4. The summed E-state index contributed by atoms with van der Waals surface area (Å²) in [5.74, 6) is 0.477. The number of aromatic nitrogens is 3. The summed E-state index contributed by atoms with van der Waals surface area (Å²) >= 11 is 6.23. The van der Waals surface area contributed by atoms with Gasteiger partial charge >= 0.3 is 5.97 Å². The summed E-state index contributed by atoms with van der Waals surface area (Å²) in [6.07, 6.45) is 7.75. The smallest absolute Gasteiger partial charge is 0.311 e. The van der Waals surface area contributed by atoms with Gasteiger partial charge in [0.25, 0.3) is 0 Å². The molecule has 48 heavy (non-hydrogen) atoms. The number of hydrogen-bond donors (Lipinski definition) is 4. The van der Waals surface area contributed by atoms with Gasteiger partial charge in [-0.25, -0.2) is 0 Å². The maximum atomic E-state index is 12.3. The Kier molecular flexibility index (Phi) is 17.8. The first kappa shape index (κ1) is 39.3. The van der Waals surface area contributed by atoms with Gasteiger partial charge in [-0.05, 0) is 31.5 Å². The molecule has 2 aromatic carbocycles. The molecule has 3 aromatic rings. The summed E-state index contributed by atoms with van der Waals surface area (Å²) in [7, 11) is 0. The van der Waals surface area contributed by atoms with E-state index < -0.39 is 30.7 Å². The third-order valence-electron chi connectivity index (χ3n) is 8.12. The van der Waals surface area contributed by atoms with Crippen molar-refractivity contribution in [1.29, 1.82) is 0 Å². The number of fused-ring (bicyclic) bond motifs is 3. The fraction of sp³-hybridized carbons (Fsp3) is 0.556. The van der Waals surface area contributed by atoms with Crippen molar-refractivity contribution in [1.82, 2.24) is 14.8 Å². The van der Waals surface area contributed by atoms with E-state index >= 15 is 0 Å². The number of carbonyl (C=O) groups excluding carboxylic acids is 1. The van der Waals surface area contributed by atoms with E-state index in [0.29, 0.717) is 18.0 Å². The van der Waals surface area contributed by atoms with Gasteiger partial charge in [0.2, 0.25) is 0 Å². The Hall–Kier alpha value is -3.19. The molecule has 0 saturated carbocycles. The number of hydrogen-bond acceptors (Lipinski definition) is 10. The summed E-state index contributed by atoms with van der Waals surface area (Å²) in [4.78, 5) is 17.1. The van der Waals surface area contributed by atoms with Gasteiger partial charge in [-0.1, -0.05) is 100 Å². The van der Waals surface area contributed by atoms with E-state index in [0.717, 1.165) is 53.4 Å². The van der Waals surface area contributed by atoms with Crippen molar-refractivity contribution >= 4 is 23.3 Å². The van der Waals surface area contributed by atoms with Crippen LogP contribution in [0.4, 0.5) is 0 Å². The average molecular weight is 687 g/mol. The van der Waals surface area contributed by atoms with Gasteiger partial charge in [0.05, 0.1) is 49.8 Å². The second-order valence-corrected chi connectivity index (χ2v) is 12.3. The summed E-state index contributed by atoms with van der Waals surface area (Å²) in [6, 6.07) is 16.0. The zero-order valence-corrected chi connectivity index (χ0v) is 28.9. The van der Waals surface area contributed by atoms with Gasteiger partial charge < -0.3 is 29.9 Å². The van der Waals surface area contributed by atoms with Crippen LogP contribution in [0, 0.1) is 12.8 Å². The lowest BCUT2D eigenvalue weighted by atomic mass is 9.95. The highest BCUT2D eigenvalue weighted by Gasteiger charge is 2.30. The van der Waals surface area contributed by atoms with Crippen molar-refractivity contribution in [2.45, 2.75) is 90.4 Å². The van der Waals surface area contributed by atoms with Crippen LogP contribution in [-0.4, -0.2) is 92.1 Å². The van der Waals surface area contributed by atoms with Gasteiger partial charge in [0, 0.05) is 16.1 Å². The number of aliphatic hydroxyl groups is 4. The van der Waals surface area contributed by atoms with Crippen LogP contribution in [0.2, 0.25) is 5.02 Å². The summed E-state index contributed by atoms with van der Waals surface area (Å²) in [5, 5.41) is 45.6. The number of halogens is 1. The molecule has 2 heterocycles. The van der Waals surface area contributed by atoms with Crippen LogP contribution in [0.5, 0.6) is 0 Å². The lowest BCUT2D eigenvalue weighted by Crippen LogP contribution is -2.37. The molecule has 0 bridgehead atoms. The first-order chi connectivity index (χ1) is 23.3. The minimum atomic E-state index is -1.12. The largest absolute Gasteiger partial charge is 0.463 e. The van der Waals surface area contributed by atoms with Crippen LogP contribution < -0.4 is 0 Å². The molecule has 3 unspecified atom stereocenters. The summed E-state index contributed by atoms with van der Waals surface area (Å²) < 4.78 is 12.5. The average Bonchev–Trinajstić information content (AvgIpc) is 3.39. The maximum Gasteiger partial charge on any atom is 0.311 e. The van der Waals surface area contributed by atoms with E-state index in [4.69, 9.17) is 36.3 Å². The standard InChI is InChI=1S/C19H38O7.C17H13ClN4/c1-2-3-4-5-6-7-8-9-10-17(18(14-22)25-12-11-20)19(24)26-15-16(23)13-21;1-11-20-21-16-10-19-17(12-5-3-2-4-6-12)14-9-13(18)7-8-15(14)22(11)16/h16-18,20-23H,2-15H2,1H3;2-9H,10H2,1H3. The third kappa shape index (κ3) is 12.0. The highest BCUT2D eigenvalue weighted by Crippen LogP contribution is 2.28. The van der Waals surface area contributed by atoms with Crippen LogP contribution in [0.15, 0.2) is 53.5 Å². The molecule has 264 valence electrons. The molecular formula is C36H51ClN4O7. The van der Waals surface area contributed by atoms with Crippen molar-refractivity contribution in [2.75, 3.05) is 33.0 Å². The molecule has 1 aliphatic heterocycles. The van der Waals surface area contributed by atoms with E-state index in [1.165, 1.54) is 32.1 Å². The Morgan fingerprint density at radius 2 is 1.67 bits per heavy atom. The molecule has 0 spiro atoms. The fourth-order valence-corrected chi connectivity index (χ4v) is 5.76. The molecule has 1 aromatic heterocycles. The number of carbonyl (C=O) groups is 1. The van der Waals surface area contributed by atoms with Crippen molar-refractivity contribution < 1.29 is 34.7 Å². The summed E-state index contributed by atoms with van der Waals surface area (Å²) in [5.41, 5.74) is 4.02. The van der Waals surface area contributed by atoms with E-state index in [2.05, 4.69) is 29.3 Å². The van der Waals surface area contributed by atoms with E-state index in [9.17, 15) is 15.0 Å². The predicted octanol–water partition coefficient (Wildman–Crippen LogP) is 4.98. The van der Waals surface area contributed by atoms with E-state index in [-0.39, 0.29) is 26.4 Å². The molecule has 0 saturated heterocycles. The molecule has 12 heteroatoms. The number of aryl methyl sites for hydroxylation is 1. The van der Waals surface area contributed by atoms with Crippen LogP contribution in [0.25, 0.3) is 5.69 Å². The summed E-state index contributed by atoms with van der Waals surface area (Å²) in [6.45, 7) is 3.35. The Balaban J connectivity index is 0.000000262. The molecule has 3 atom stereocenters. The lowest BCUT2D eigenvalue weighted by molar-refractivity contribution is -0.160. The van der Waals surface area contributed by atoms with E-state index in [1.807, 2.05) is 47.9 Å². The fourth-order valence-electron chi connectivity index (χ4n) is 5.58. The Morgan fingerprint density at radius 1 is 0.958 bits per heavy atom. The van der Waals surface area contributed by atoms with Crippen LogP contribution in [-0.2, 0) is 20.8 Å². The van der Waals surface area contributed by atoms with Gasteiger partial charge in [0.15, 0.2) is 5.82 Å². The number of rotatable bonds is 19.